The molecule has 0 amide bonds. The third-order valence-electron chi connectivity index (χ3n) is 4.61. The van der Waals surface area contributed by atoms with Crippen molar-refractivity contribution in [3.63, 3.8) is 0 Å². The summed E-state index contributed by atoms with van der Waals surface area (Å²) in [5, 5.41) is 0. The van der Waals surface area contributed by atoms with E-state index in [-0.39, 0.29) is 11.9 Å². The van der Waals surface area contributed by atoms with E-state index in [2.05, 4.69) is 6.92 Å². The Morgan fingerprint density at radius 3 is 2.53 bits per heavy atom. The molecular formula is C17H26FN. The molecule has 1 aliphatic rings. The lowest BCUT2D eigenvalue weighted by Crippen LogP contribution is -2.35. The predicted octanol–water partition coefficient (Wildman–Crippen LogP) is 4.30. The largest absolute Gasteiger partial charge is 0.327 e. The van der Waals surface area contributed by atoms with E-state index >= 15 is 0 Å². The molecule has 106 valence electrons. The Morgan fingerprint density at radius 2 is 1.89 bits per heavy atom. The van der Waals surface area contributed by atoms with E-state index in [0.29, 0.717) is 12.3 Å². The summed E-state index contributed by atoms with van der Waals surface area (Å²) in [5.74, 6) is 1.37. The van der Waals surface area contributed by atoms with Gasteiger partial charge in [-0.05, 0) is 42.7 Å². The third-order valence-corrected chi connectivity index (χ3v) is 4.61. The lowest BCUT2D eigenvalue weighted by molar-refractivity contribution is 0.232. The summed E-state index contributed by atoms with van der Waals surface area (Å²) in [7, 11) is 0. The summed E-state index contributed by atoms with van der Waals surface area (Å²) in [6.45, 7) is 2.26. The maximum atomic E-state index is 13.6. The number of halogens is 1. The lowest BCUT2D eigenvalue weighted by atomic mass is 9.76. The Morgan fingerprint density at radius 1 is 1.21 bits per heavy atom. The van der Waals surface area contributed by atoms with Gasteiger partial charge in [0.25, 0.3) is 0 Å². The zero-order chi connectivity index (χ0) is 13.7. The Kier molecular flexibility index (Phi) is 5.38. The quantitative estimate of drug-likeness (QED) is 0.842. The molecule has 0 radical (unpaired) electrons. The molecular weight excluding hydrogens is 237 g/mol. The van der Waals surface area contributed by atoms with Gasteiger partial charge in [0.15, 0.2) is 0 Å². The van der Waals surface area contributed by atoms with Gasteiger partial charge in [0, 0.05) is 6.04 Å². The van der Waals surface area contributed by atoms with E-state index in [0.717, 1.165) is 11.5 Å². The molecule has 0 heterocycles. The fourth-order valence-corrected chi connectivity index (χ4v) is 3.40. The Balaban J connectivity index is 1.85. The molecule has 0 saturated heterocycles. The summed E-state index contributed by atoms with van der Waals surface area (Å²) in [5.41, 5.74) is 7.07. The van der Waals surface area contributed by atoms with Crippen LogP contribution < -0.4 is 5.73 Å². The van der Waals surface area contributed by atoms with Crippen LogP contribution in [0.3, 0.4) is 0 Å². The highest BCUT2D eigenvalue weighted by atomic mass is 19.1. The van der Waals surface area contributed by atoms with E-state index in [9.17, 15) is 4.39 Å². The Bertz CT molecular complexity index is 383. The molecule has 2 N–H and O–H groups in total. The van der Waals surface area contributed by atoms with Crippen molar-refractivity contribution in [3.8, 4) is 0 Å². The molecule has 1 aromatic carbocycles. The van der Waals surface area contributed by atoms with Crippen molar-refractivity contribution in [2.75, 3.05) is 0 Å². The highest BCUT2D eigenvalue weighted by Gasteiger charge is 2.25. The molecule has 1 fully saturated rings. The first-order valence-corrected chi connectivity index (χ1v) is 7.69. The van der Waals surface area contributed by atoms with E-state index in [1.54, 1.807) is 6.07 Å². The van der Waals surface area contributed by atoms with Crippen LogP contribution in [0.5, 0.6) is 0 Å². The average Bonchev–Trinajstić information content (AvgIpc) is 2.42. The number of rotatable bonds is 5. The smallest absolute Gasteiger partial charge is 0.126 e. The first-order valence-electron chi connectivity index (χ1n) is 7.69. The maximum Gasteiger partial charge on any atom is 0.126 e. The van der Waals surface area contributed by atoms with Gasteiger partial charge in [-0.3, -0.25) is 0 Å². The topological polar surface area (TPSA) is 26.0 Å². The minimum atomic E-state index is -0.113. The second kappa shape index (κ2) is 7.04. The van der Waals surface area contributed by atoms with Gasteiger partial charge in [-0.2, -0.15) is 0 Å². The molecule has 2 rings (SSSR count). The van der Waals surface area contributed by atoms with Gasteiger partial charge in [0.2, 0.25) is 0 Å². The first-order chi connectivity index (χ1) is 9.20. The van der Waals surface area contributed by atoms with Crippen molar-refractivity contribution in [3.05, 3.63) is 35.6 Å². The minimum absolute atomic E-state index is 0.111. The van der Waals surface area contributed by atoms with E-state index in [1.165, 1.54) is 44.6 Å². The van der Waals surface area contributed by atoms with Gasteiger partial charge >= 0.3 is 0 Å². The van der Waals surface area contributed by atoms with Crippen molar-refractivity contribution >= 4 is 0 Å². The zero-order valence-corrected chi connectivity index (χ0v) is 11.9. The number of hydrogen-bond donors (Lipinski definition) is 1. The van der Waals surface area contributed by atoms with Crippen LogP contribution in [0.15, 0.2) is 24.3 Å². The van der Waals surface area contributed by atoms with Gasteiger partial charge in [0.1, 0.15) is 5.82 Å². The SMILES string of the molecule is CCCC1CCC(C(N)Cc2ccccc2F)CC1. The molecule has 0 bridgehead atoms. The van der Waals surface area contributed by atoms with Crippen LogP contribution in [0, 0.1) is 17.7 Å². The summed E-state index contributed by atoms with van der Waals surface area (Å²) in [6, 6.07) is 7.13. The highest BCUT2D eigenvalue weighted by Crippen LogP contribution is 2.33. The minimum Gasteiger partial charge on any atom is -0.327 e. The van der Waals surface area contributed by atoms with Crippen LogP contribution in [0.2, 0.25) is 0 Å². The third kappa shape index (κ3) is 4.04. The van der Waals surface area contributed by atoms with Gasteiger partial charge in [-0.15, -0.1) is 0 Å². The molecule has 0 spiro atoms. The van der Waals surface area contributed by atoms with Crippen LogP contribution in [0.4, 0.5) is 4.39 Å². The van der Waals surface area contributed by atoms with Crippen molar-refractivity contribution in [1.29, 1.82) is 0 Å². The maximum absolute atomic E-state index is 13.6. The Labute approximate surface area is 116 Å². The molecule has 1 nitrogen and oxygen atoms in total. The standard InChI is InChI=1S/C17H26FN/c1-2-5-13-8-10-14(11-9-13)17(19)12-15-6-3-4-7-16(15)18/h3-4,6-7,13-14,17H,2,5,8-12,19H2,1H3. The molecule has 1 aromatic rings. The zero-order valence-electron chi connectivity index (χ0n) is 11.9. The Hall–Kier alpha value is -0.890. The average molecular weight is 263 g/mol. The van der Waals surface area contributed by atoms with Crippen molar-refractivity contribution in [2.45, 2.75) is 57.9 Å². The molecule has 0 aromatic heterocycles. The molecule has 1 saturated carbocycles. The fourth-order valence-electron chi connectivity index (χ4n) is 3.40. The highest BCUT2D eigenvalue weighted by molar-refractivity contribution is 5.18. The molecule has 2 heteroatoms. The van der Waals surface area contributed by atoms with Crippen LogP contribution in [0.25, 0.3) is 0 Å². The van der Waals surface area contributed by atoms with Crippen molar-refractivity contribution < 1.29 is 4.39 Å². The van der Waals surface area contributed by atoms with E-state index in [1.807, 2.05) is 12.1 Å². The number of benzene rings is 1. The lowest BCUT2D eigenvalue weighted by Gasteiger charge is -2.32. The molecule has 1 unspecified atom stereocenters. The molecule has 1 atom stereocenters. The monoisotopic (exact) mass is 263 g/mol. The first kappa shape index (κ1) is 14.5. The van der Waals surface area contributed by atoms with Crippen LogP contribution >= 0.6 is 0 Å². The van der Waals surface area contributed by atoms with Crippen molar-refractivity contribution in [2.24, 2.45) is 17.6 Å². The summed E-state index contributed by atoms with van der Waals surface area (Å²) in [6.07, 6.45) is 8.38. The second-order valence-corrected chi connectivity index (χ2v) is 6.03. The van der Waals surface area contributed by atoms with Gasteiger partial charge in [-0.1, -0.05) is 50.8 Å². The van der Waals surface area contributed by atoms with Crippen LogP contribution in [-0.4, -0.2) is 6.04 Å². The van der Waals surface area contributed by atoms with E-state index < -0.39 is 0 Å². The molecule has 0 aliphatic heterocycles. The van der Waals surface area contributed by atoms with Crippen molar-refractivity contribution in [1.82, 2.24) is 0 Å². The van der Waals surface area contributed by atoms with Gasteiger partial charge in [0.05, 0.1) is 0 Å². The summed E-state index contributed by atoms with van der Waals surface area (Å²) >= 11 is 0. The fraction of sp³-hybridized carbons (Fsp3) is 0.647. The number of nitrogens with two attached hydrogens (primary N) is 1. The van der Waals surface area contributed by atoms with Gasteiger partial charge < -0.3 is 5.73 Å². The predicted molar refractivity (Wildman–Crippen MR) is 78.4 cm³/mol. The van der Waals surface area contributed by atoms with Crippen LogP contribution in [-0.2, 0) is 6.42 Å². The molecule has 19 heavy (non-hydrogen) atoms. The summed E-state index contributed by atoms with van der Waals surface area (Å²) in [4.78, 5) is 0. The summed E-state index contributed by atoms with van der Waals surface area (Å²) < 4.78 is 13.6. The number of hydrogen-bond acceptors (Lipinski definition) is 1. The van der Waals surface area contributed by atoms with E-state index in [4.69, 9.17) is 5.73 Å². The normalized spacial score (nSPS) is 25.2. The van der Waals surface area contributed by atoms with Gasteiger partial charge in [-0.25, -0.2) is 4.39 Å². The second-order valence-electron chi connectivity index (χ2n) is 6.03. The molecule has 1 aliphatic carbocycles. The van der Waals surface area contributed by atoms with Crippen LogP contribution in [0.1, 0.15) is 51.0 Å².